The molecule has 0 bridgehead atoms. The summed E-state index contributed by atoms with van der Waals surface area (Å²) in [6.07, 6.45) is 5.41. The summed E-state index contributed by atoms with van der Waals surface area (Å²) in [4.78, 5) is 8.76. The van der Waals surface area contributed by atoms with Gasteiger partial charge in [-0.15, -0.1) is 0 Å². The first-order chi connectivity index (χ1) is 12.3. The number of pyridine rings is 1. The molecule has 1 aromatic carbocycles. The Morgan fingerprint density at radius 3 is 2.88 bits per heavy atom. The van der Waals surface area contributed by atoms with E-state index in [-0.39, 0.29) is 0 Å². The average molecular weight is 340 g/mol. The highest BCUT2D eigenvalue weighted by molar-refractivity contribution is 5.93. The number of hydrogen-bond acceptors (Lipinski definition) is 4. The minimum Gasteiger partial charge on any atom is -0.490 e. The number of aliphatic imine (C=N–C) groups is 1. The Hall–Kier alpha value is -2.76. The van der Waals surface area contributed by atoms with Crippen LogP contribution in [0.2, 0.25) is 0 Å². The number of nitrogens with zero attached hydrogens (tertiary/aromatic N) is 2. The third-order valence-electron chi connectivity index (χ3n) is 3.75. The van der Waals surface area contributed by atoms with Crippen molar-refractivity contribution in [3.05, 3.63) is 48.3 Å². The van der Waals surface area contributed by atoms with Gasteiger partial charge in [0.15, 0.2) is 17.5 Å². The first kappa shape index (κ1) is 17.1. The van der Waals surface area contributed by atoms with Gasteiger partial charge in [-0.2, -0.15) is 0 Å². The molecule has 132 valence electrons. The van der Waals surface area contributed by atoms with E-state index < -0.39 is 0 Å². The zero-order valence-electron chi connectivity index (χ0n) is 14.5. The van der Waals surface area contributed by atoms with Crippen LogP contribution in [0.15, 0.2) is 47.7 Å². The zero-order chi connectivity index (χ0) is 17.3. The predicted molar refractivity (Wildman–Crippen MR) is 99.6 cm³/mol. The fourth-order valence-corrected chi connectivity index (χ4v) is 2.53. The van der Waals surface area contributed by atoms with Crippen LogP contribution in [0.25, 0.3) is 0 Å². The number of fused-ring (bicyclic) bond motifs is 1. The van der Waals surface area contributed by atoms with Crippen molar-refractivity contribution in [2.24, 2.45) is 4.99 Å². The summed E-state index contributed by atoms with van der Waals surface area (Å²) in [6.45, 7) is 4.90. The van der Waals surface area contributed by atoms with Gasteiger partial charge in [-0.25, -0.2) is 0 Å². The van der Waals surface area contributed by atoms with Crippen molar-refractivity contribution in [1.29, 1.82) is 0 Å². The highest BCUT2D eigenvalue weighted by Crippen LogP contribution is 2.32. The van der Waals surface area contributed by atoms with Crippen molar-refractivity contribution in [2.45, 2.75) is 19.8 Å². The van der Waals surface area contributed by atoms with Gasteiger partial charge < -0.3 is 20.1 Å². The normalized spacial score (nSPS) is 13.9. The monoisotopic (exact) mass is 340 g/mol. The Balaban J connectivity index is 1.64. The first-order valence-corrected chi connectivity index (χ1v) is 8.69. The van der Waals surface area contributed by atoms with Gasteiger partial charge in [0.2, 0.25) is 0 Å². The van der Waals surface area contributed by atoms with Crippen LogP contribution in [0.5, 0.6) is 11.5 Å². The molecular formula is C19H24N4O2. The number of anilines is 1. The summed E-state index contributed by atoms with van der Waals surface area (Å²) < 4.78 is 11.4. The molecular weight excluding hydrogens is 316 g/mol. The number of nitrogens with one attached hydrogen (secondary N) is 2. The van der Waals surface area contributed by atoms with E-state index in [9.17, 15) is 0 Å². The number of ether oxygens (including phenoxy) is 2. The lowest BCUT2D eigenvalue weighted by atomic mass is 10.2. The maximum absolute atomic E-state index is 5.74. The lowest BCUT2D eigenvalue weighted by Crippen LogP contribution is -2.30. The summed E-state index contributed by atoms with van der Waals surface area (Å²) in [6, 6.07) is 9.87. The Morgan fingerprint density at radius 1 is 1.20 bits per heavy atom. The van der Waals surface area contributed by atoms with E-state index >= 15 is 0 Å². The summed E-state index contributed by atoms with van der Waals surface area (Å²) in [5.41, 5.74) is 2.10. The number of aromatic nitrogens is 1. The third kappa shape index (κ3) is 5.11. The van der Waals surface area contributed by atoms with Gasteiger partial charge in [-0.3, -0.25) is 9.98 Å². The van der Waals surface area contributed by atoms with Gasteiger partial charge in [0, 0.05) is 43.7 Å². The number of hydrogen-bond donors (Lipinski definition) is 2. The standard InChI is InChI=1S/C19H24N4O2/c1-2-21-19(22-10-8-15-5-3-9-20-14-15)23-16-6-7-17-18(13-16)25-12-4-11-24-17/h3,5-7,9,13-14H,2,4,8,10-12H2,1H3,(H2,21,22,23). The molecule has 2 heterocycles. The van der Waals surface area contributed by atoms with Crippen molar-refractivity contribution < 1.29 is 9.47 Å². The second-order valence-corrected chi connectivity index (χ2v) is 5.71. The largest absolute Gasteiger partial charge is 0.490 e. The molecule has 1 aliphatic rings. The molecule has 0 fully saturated rings. The third-order valence-corrected chi connectivity index (χ3v) is 3.75. The van der Waals surface area contributed by atoms with Crippen molar-refractivity contribution in [3.8, 4) is 11.5 Å². The van der Waals surface area contributed by atoms with Gasteiger partial charge in [0.05, 0.1) is 13.2 Å². The maximum atomic E-state index is 5.74. The fourth-order valence-electron chi connectivity index (χ4n) is 2.53. The zero-order valence-corrected chi connectivity index (χ0v) is 14.5. The van der Waals surface area contributed by atoms with E-state index in [4.69, 9.17) is 9.47 Å². The van der Waals surface area contributed by atoms with Gasteiger partial charge >= 0.3 is 0 Å². The minimum atomic E-state index is 0.676. The summed E-state index contributed by atoms with van der Waals surface area (Å²) in [7, 11) is 0. The van der Waals surface area contributed by atoms with Crippen molar-refractivity contribution in [1.82, 2.24) is 10.3 Å². The summed E-state index contributed by atoms with van der Waals surface area (Å²) >= 11 is 0. The van der Waals surface area contributed by atoms with E-state index in [0.717, 1.165) is 42.5 Å². The molecule has 0 saturated carbocycles. The highest BCUT2D eigenvalue weighted by Gasteiger charge is 2.11. The van der Waals surface area contributed by atoms with Gasteiger partial charge in [-0.05, 0) is 37.1 Å². The topological polar surface area (TPSA) is 67.8 Å². The molecule has 0 saturated heterocycles. The van der Waals surface area contributed by atoms with Crippen LogP contribution in [-0.2, 0) is 6.42 Å². The molecule has 2 aromatic rings. The smallest absolute Gasteiger partial charge is 0.195 e. The molecule has 0 spiro atoms. The lowest BCUT2D eigenvalue weighted by molar-refractivity contribution is 0.297. The SMILES string of the molecule is CCNC(=NCCc1cccnc1)Nc1ccc2c(c1)OCCCO2. The van der Waals surface area contributed by atoms with E-state index in [1.165, 1.54) is 5.56 Å². The maximum Gasteiger partial charge on any atom is 0.195 e. The van der Waals surface area contributed by atoms with Crippen LogP contribution in [0.4, 0.5) is 5.69 Å². The second kappa shape index (κ2) is 8.92. The molecule has 0 aliphatic carbocycles. The van der Waals surface area contributed by atoms with Crippen molar-refractivity contribution >= 4 is 11.6 Å². The molecule has 2 N–H and O–H groups in total. The summed E-state index contributed by atoms with van der Waals surface area (Å²) in [5, 5.41) is 6.59. The molecule has 0 amide bonds. The quantitative estimate of drug-likeness (QED) is 0.647. The number of benzene rings is 1. The Bertz CT molecular complexity index is 704. The van der Waals surface area contributed by atoms with E-state index in [1.54, 1.807) is 6.20 Å². The number of guanidine groups is 1. The molecule has 1 aliphatic heterocycles. The van der Waals surface area contributed by atoms with Crippen LogP contribution in [0.3, 0.4) is 0 Å². The molecule has 6 nitrogen and oxygen atoms in total. The Morgan fingerprint density at radius 2 is 2.08 bits per heavy atom. The van der Waals surface area contributed by atoms with E-state index in [1.807, 2.05) is 37.4 Å². The van der Waals surface area contributed by atoms with Crippen LogP contribution < -0.4 is 20.1 Å². The first-order valence-electron chi connectivity index (χ1n) is 8.69. The molecule has 1 aromatic heterocycles. The lowest BCUT2D eigenvalue weighted by Gasteiger charge is -2.13. The van der Waals surface area contributed by atoms with Gasteiger partial charge in [0.1, 0.15) is 0 Å². The Labute approximate surface area is 148 Å². The minimum absolute atomic E-state index is 0.676. The van der Waals surface area contributed by atoms with Crippen LogP contribution in [-0.4, -0.2) is 37.2 Å². The van der Waals surface area contributed by atoms with Crippen LogP contribution >= 0.6 is 0 Å². The van der Waals surface area contributed by atoms with Crippen LogP contribution in [0, 0.1) is 0 Å². The van der Waals surface area contributed by atoms with Gasteiger partial charge in [0.25, 0.3) is 0 Å². The van der Waals surface area contributed by atoms with Gasteiger partial charge in [-0.1, -0.05) is 6.07 Å². The van der Waals surface area contributed by atoms with Crippen molar-refractivity contribution in [3.63, 3.8) is 0 Å². The van der Waals surface area contributed by atoms with E-state index in [2.05, 4.69) is 26.7 Å². The van der Waals surface area contributed by atoms with Crippen LogP contribution in [0.1, 0.15) is 18.9 Å². The molecule has 0 atom stereocenters. The fraction of sp³-hybridized carbons (Fsp3) is 0.368. The van der Waals surface area contributed by atoms with Crippen molar-refractivity contribution in [2.75, 3.05) is 31.6 Å². The second-order valence-electron chi connectivity index (χ2n) is 5.71. The predicted octanol–water partition coefficient (Wildman–Crippen LogP) is 2.86. The average Bonchev–Trinajstić information content (AvgIpc) is 2.88. The molecule has 25 heavy (non-hydrogen) atoms. The molecule has 0 radical (unpaired) electrons. The Kier molecular flexibility index (Phi) is 6.09. The van der Waals surface area contributed by atoms with E-state index in [0.29, 0.717) is 19.8 Å². The number of rotatable bonds is 5. The molecule has 3 rings (SSSR count). The summed E-state index contributed by atoms with van der Waals surface area (Å²) in [5.74, 6) is 2.32. The highest BCUT2D eigenvalue weighted by atomic mass is 16.5. The molecule has 6 heteroatoms. The molecule has 0 unspecified atom stereocenters.